The van der Waals surface area contributed by atoms with Gasteiger partial charge in [0.1, 0.15) is 5.82 Å². The van der Waals surface area contributed by atoms with E-state index in [1.807, 2.05) is 12.1 Å². The van der Waals surface area contributed by atoms with E-state index in [1.54, 1.807) is 30.3 Å². The zero-order valence-corrected chi connectivity index (χ0v) is 12.8. The number of thioether (sulfide) groups is 1. The number of amides is 1. The number of benzene rings is 2. The summed E-state index contributed by atoms with van der Waals surface area (Å²) < 4.78 is 13.2. The lowest BCUT2D eigenvalue weighted by atomic mass is 10.2. The molecule has 3 nitrogen and oxygen atoms in total. The van der Waals surface area contributed by atoms with Gasteiger partial charge in [0.25, 0.3) is 5.91 Å². The average Bonchev–Trinajstić information content (AvgIpc) is 2.81. The summed E-state index contributed by atoms with van der Waals surface area (Å²) in [5.74, 6) is -0.609. The van der Waals surface area contributed by atoms with Gasteiger partial charge in [-0.1, -0.05) is 35.9 Å². The van der Waals surface area contributed by atoms with Gasteiger partial charge < -0.3 is 5.32 Å². The van der Waals surface area contributed by atoms with Gasteiger partial charge in [-0.05, 0) is 47.7 Å². The molecule has 0 saturated carbocycles. The Bertz CT molecular complexity index is 804. The summed E-state index contributed by atoms with van der Waals surface area (Å²) in [7, 11) is 0. The Morgan fingerprint density at radius 1 is 1.18 bits per heavy atom. The molecule has 0 radical (unpaired) electrons. The van der Waals surface area contributed by atoms with Crippen LogP contribution in [-0.2, 0) is 4.79 Å². The predicted octanol–water partition coefficient (Wildman–Crippen LogP) is 4.37. The third-order valence-electron chi connectivity index (χ3n) is 2.87. The van der Waals surface area contributed by atoms with E-state index in [1.165, 1.54) is 23.9 Å². The zero-order chi connectivity index (χ0) is 15.5. The van der Waals surface area contributed by atoms with Gasteiger partial charge in [0.15, 0.2) is 5.17 Å². The highest BCUT2D eigenvalue weighted by molar-refractivity contribution is 8.18. The van der Waals surface area contributed by atoms with Crippen molar-refractivity contribution < 1.29 is 9.18 Å². The molecule has 0 bridgehead atoms. The maximum atomic E-state index is 13.2. The quantitative estimate of drug-likeness (QED) is 0.830. The first-order valence-electron chi connectivity index (χ1n) is 6.41. The molecule has 1 fully saturated rings. The van der Waals surface area contributed by atoms with Gasteiger partial charge in [-0.25, -0.2) is 9.38 Å². The van der Waals surface area contributed by atoms with Crippen LogP contribution in [0.5, 0.6) is 0 Å². The van der Waals surface area contributed by atoms with Crippen LogP contribution in [0, 0.1) is 5.82 Å². The molecular weight excluding hydrogens is 323 g/mol. The third kappa shape index (κ3) is 3.37. The molecule has 3 rings (SSSR count). The van der Waals surface area contributed by atoms with Gasteiger partial charge in [0.2, 0.25) is 0 Å². The molecule has 2 aromatic carbocycles. The van der Waals surface area contributed by atoms with Crippen molar-refractivity contribution in [1.29, 1.82) is 0 Å². The zero-order valence-electron chi connectivity index (χ0n) is 11.2. The molecule has 22 heavy (non-hydrogen) atoms. The number of carbonyl (C=O) groups is 1. The van der Waals surface area contributed by atoms with E-state index in [0.717, 1.165) is 0 Å². The molecule has 1 N–H and O–H groups in total. The maximum Gasteiger partial charge on any atom is 0.264 e. The summed E-state index contributed by atoms with van der Waals surface area (Å²) in [6, 6.07) is 13.2. The number of nitrogens with zero attached hydrogens (tertiary/aromatic N) is 1. The standard InChI is InChI=1S/C16H10ClFN2OS/c17-12-6-1-2-7-13(12)19-16-20-15(21)14(22-16)9-10-4-3-5-11(18)8-10/h1-9H,(H,19,20,21). The monoisotopic (exact) mass is 332 g/mol. The number of aliphatic imine (C=N–C) groups is 1. The number of hydrogen-bond donors (Lipinski definition) is 1. The number of carbonyl (C=O) groups excluding carboxylic acids is 1. The summed E-state index contributed by atoms with van der Waals surface area (Å²) in [6.45, 7) is 0. The fourth-order valence-corrected chi connectivity index (χ4v) is 2.89. The Kier molecular flexibility index (Phi) is 4.27. The predicted molar refractivity (Wildman–Crippen MR) is 88.7 cm³/mol. The molecule has 0 atom stereocenters. The van der Waals surface area contributed by atoms with Crippen molar-refractivity contribution in [1.82, 2.24) is 5.32 Å². The van der Waals surface area contributed by atoms with Crippen LogP contribution >= 0.6 is 23.4 Å². The SMILES string of the molecule is O=C1NC(=Nc2ccccc2Cl)SC1=Cc1cccc(F)c1. The Morgan fingerprint density at radius 2 is 2.00 bits per heavy atom. The molecule has 1 heterocycles. The third-order valence-corrected chi connectivity index (χ3v) is 4.10. The molecular formula is C16H10ClFN2OS. The van der Waals surface area contributed by atoms with Crippen molar-refractivity contribution in [2.75, 3.05) is 0 Å². The first-order chi connectivity index (χ1) is 10.6. The van der Waals surface area contributed by atoms with Crippen LogP contribution in [0.1, 0.15) is 5.56 Å². The maximum absolute atomic E-state index is 13.2. The summed E-state index contributed by atoms with van der Waals surface area (Å²) in [5.41, 5.74) is 1.20. The lowest BCUT2D eigenvalue weighted by molar-refractivity contribution is -0.115. The summed E-state index contributed by atoms with van der Waals surface area (Å²) in [6.07, 6.45) is 1.62. The van der Waals surface area contributed by atoms with Gasteiger partial charge in [0, 0.05) is 0 Å². The lowest BCUT2D eigenvalue weighted by Gasteiger charge is -1.98. The molecule has 1 aliphatic rings. The molecule has 0 spiro atoms. The van der Waals surface area contributed by atoms with Crippen molar-refractivity contribution in [3.8, 4) is 0 Å². The fourth-order valence-electron chi connectivity index (χ4n) is 1.88. The summed E-state index contributed by atoms with van der Waals surface area (Å²) >= 11 is 7.23. The van der Waals surface area contributed by atoms with E-state index in [2.05, 4.69) is 10.3 Å². The van der Waals surface area contributed by atoms with E-state index < -0.39 is 0 Å². The van der Waals surface area contributed by atoms with Crippen molar-refractivity contribution in [3.63, 3.8) is 0 Å². The van der Waals surface area contributed by atoms with Gasteiger partial charge in [-0.15, -0.1) is 0 Å². The highest BCUT2D eigenvalue weighted by atomic mass is 35.5. The van der Waals surface area contributed by atoms with E-state index in [0.29, 0.717) is 26.3 Å². The van der Waals surface area contributed by atoms with Crippen LogP contribution in [-0.4, -0.2) is 11.1 Å². The minimum atomic E-state index is -0.345. The van der Waals surface area contributed by atoms with Gasteiger partial charge in [-0.2, -0.15) is 0 Å². The molecule has 2 aromatic rings. The second-order valence-electron chi connectivity index (χ2n) is 4.49. The highest BCUT2D eigenvalue weighted by Crippen LogP contribution is 2.30. The highest BCUT2D eigenvalue weighted by Gasteiger charge is 2.24. The van der Waals surface area contributed by atoms with Crippen LogP contribution in [0.3, 0.4) is 0 Å². The average molecular weight is 333 g/mol. The number of amidine groups is 1. The number of para-hydroxylation sites is 1. The fraction of sp³-hybridized carbons (Fsp3) is 0. The van der Waals surface area contributed by atoms with Gasteiger partial charge in [0.05, 0.1) is 15.6 Å². The molecule has 0 aliphatic carbocycles. The topological polar surface area (TPSA) is 41.5 Å². The summed E-state index contributed by atoms with van der Waals surface area (Å²) in [5, 5.41) is 3.62. The van der Waals surface area contributed by atoms with Crippen LogP contribution in [0.2, 0.25) is 5.02 Å². The second-order valence-corrected chi connectivity index (χ2v) is 5.93. The first-order valence-corrected chi connectivity index (χ1v) is 7.61. The largest absolute Gasteiger partial charge is 0.300 e. The van der Waals surface area contributed by atoms with Crippen molar-refractivity contribution in [2.24, 2.45) is 4.99 Å². The minimum absolute atomic E-state index is 0.264. The van der Waals surface area contributed by atoms with E-state index >= 15 is 0 Å². The normalized spacial score (nSPS) is 18.0. The number of hydrogen-bond acceptors (Lipinski definition) is 3. The van der Waals surface area contributed by atoms with E-state index in [-0.39, 0.29) is 11.7 Å². The van der Waals surface area contributed by atoms with Gasteiger partial charge >= 0.3 is 0 Å². The molecule has 1 saturated heterocycles. The smallest absolute Gasteiger partial charge is 0.264 e. The number of halogens is 2. The van der Waals surface area contributed by atoms with Crippen molar-refractivity contribution in [2.45, 2.75) is 0 Å². The Labute approximate surface area is 135 Å². The minimum Gasteiger partial charge on any atom is -0.300 e. The Hall–Kier alpha value is -2.11. The van der Waals surface area contributed by atoms with Crippen LogP contribution in [0.4, 0.5) is 10.1 Å². The molecule has 1 aliphatic heterocycles. The second kappa shape index (κ2) is 6.34. The molecule has 6 heteroatoms. The summed E-state index contributed by atoms with van der Waals surface area (Å²) in [4.78, 5) is 16.7. The number of nitrogens with one attached hydrogen (secondary N) is 1. The first kappa shape index (κ1) is 14.8. The van der Waals surface area contributed by atoms with Crippen molar-refractivity contribution >= 4 is 46.2 Å². The van der Waals surface area contributed by atoms with Gasteiger partial charge in [-0.3, -0.25) is 4.79 Å². The van der Waals surface area contributed by atoms with Crippen LogP contribution in [0.15, 0.2) is 58.4 Å². The molecule has 0 aromatic heterocycles. The Morgan fingerprint density at radius 3 is 2.77 bits per heavy atom. The lowest BCUT2D eigenvalue weighted by Crippen LogP contribution is -2.19. The van der Waals surface area contributed by atoms with Crippen molar-refractivity contribution in [3.05, 3.63) is 69.8 Å². The van der Waals surface area contributed by atoms with Crippen LogP contribution < -0.4 is 5.32 Å². The molecule has 0 unspecified atom stereocenters. The Balaban J connectivity index is 1.86. The number of rotatable bonds is 2. The van der Waals surface area contributed by atoms with Crippen LogP contribution in [0.25, 0.3) is 6.08 Å². The van der Waals surface area contributed by atoms with E-state index in [9.17, 15) is 9.18 Å². The molecule has 110 valence electrons. The molecule has 1 amide bonds. The van der Waals surface area contributed by atoms with E-state index in [4.69, 9.17) is 11.6 Å².